The van der Waals surface area contributed by atoms with E-state index in [-0.39, 0.29) is 0 Å². The van der Waals surface area contributed by atoms with Gasteiger partial charge in [0.2, 0.25) is 0 Å². The van der Waals surface area contributed by atoms with Gasteiger partial charge in [-0.3, -0.25) is 0 Å². The Labute approximate surface area is 204 Å². The Balaban J connectivity index is 1.49. The first kappa shape index (κ1) is 19.8. The van der Waals surface area contributed by atoms with Gasteiger partial charge in [0.1, 0.15) is 0 Å². The second-order valence-corrected chi connectivity index (χ2v) is 9.06. The number of para-hydroxylation sites is 1. The van der Waals surface area contributed by atoms with Gasteiger partial charge in [0, 0.05) is 17.1 Å². The van der Waals surface area contributed by atoms with Gasteiger partial charge in [-0.2, -0.15) is 0 Å². The molecule has 0 unspecified atom stereocenters. The number of rotatable bonds is 3. The third-order valence-electron chi connectivity index (χ3n) is 6.99. The highest BCUT2D eigenvalue weighted by atomic mass is 15.1. The maximum atomic E-state index is 2.35. The fraction of sp³-hybridized carbons (Fsp3) is 0. The summed E-state index contributed by atoms with van der Waals surface area (Å²) in [6.45, 7) is 0. The summed E-state index contributed by atoms with van der Waals surface area (Å²) in [5.41, 5.74) is 3.45. The number of hydrogen-bond donors (Lipinski definition) is 0. The molecular weight excluding hydrogens is 422 g/mol. The topological polar surface area (TPSA) is 3.24 Å². The molecule has 1 nitrogen and oxygen atoms in total. The standard InChI is InChI=1S/C34H23N/c1-2-11-28(12-3-1)35(29-18-14-24-8-4-5-10-27(24)22-29)30-19-15-26-17-20-32-31-13-7-6-9-25(31)16-21-33(32)34(26)23-30/h1-23H. The molecule has 0 aromatic heterocycles. The molecule has 0 amide bonds. The SMILES string of the molecule is c1ccc(N(c2ccc3ccccc3c2)c2ccc3ccc4c5ccccc5ccc4c3c2)cc1. The summed E-state index contributed by atoms with van der Waals surface area (Å²) in [5, 5.41) is 10.2. The van der Waals surface area contributed by atoms with Crippen molar-refractivity contribution in [3.05, 3.63) is 140 Å². The maximum Gasteiger partial charge on any atom is 0.0468 e. The Morgan fingerprint density at radius 1 is 0.286 bits per heavy atom. The van der Waals surface area contributed by atoms with Crippen LogP contribution in [0.4, 0.5) is 17.1 Å². The van der Waals surface area contributed by atoms with E-state index in [4.69, 9.17) is 0 Å². The summed E-state index contributed by atoms with van der Waals surface area (Å²) in [6.07, 6.45) is 0. The summed E-state index contributed by atoms with van der Waals surface area (Å²) in [6, 6.07) is 50.4. The van der Waals surface area contributed by atoms with Crippen molar-refractivity contribution in [1.29, 1.82) is 0 Å². The van der Waals surface area contributed by atoms with Gasteiger partial charge in [-0.1, -0.05) is 103 Å². The Bertz CT molecular complexity index is 1850. The van der Waals surface area contributed by atoms with E-state index in [0.717, 1.165) is 17.1 Å². The van der Waals surface area contributed by atoms with Gasteiger partial charge < -0.3 is 4.90 Å². The van der Waals surface area contributed by atoms with E-state index in [0.29, 0.717) is 0 Å². The normalized spacial score (nSPS) is 11.4. The average Bonchev–Trinajstić information content (AvgIpc) is 2.93. The minimum atomic E-state index is 1.15. The largest absolute Gasteiger partial charge is 0.310 e. The molecule has 35 heavy (non-hydrogen) atoms. The zero-order valence-corrected chi connectivity index (χ0v) is 19.2. The molecular formula is C34H23N. The fourth-order valence-corrected chi connectivity index (χ4v) is 5.29. The van der Waals surface area contributed by atoms with Crippen LogP contribution in [0.3, 0.4) is 0 Å². The van der Waals surface area contributed by atoms with Gasteiger partial charge in [0.15, 0.2) is 0 Å². The summed E-state index contributed by atoms with van der Waals surface area (Å²) in [7, 11) is 0. The number of fused-ring (bicyclic) bond motifs is 6. The van der Waals surface area contributed by atoms with E-state index in [2.05, 4.69) is 144 Å². The van der Waals surface area contributed by atoms with E-state index in [1.54, 1.807) is 0 Å². The third kappa shape index (κ3) is 3.33. The summed E-state index contributed by atoms with van der Waals surface area (Å²) < 4.78 is 0. The zero-order valence-electron chi connectivity index (χ0n) is 19.2. The minimum Gasteiger partial charge on any atom is -0.310 e. The Morgan fingerprint density at radius 3 is 1.63 bits per heavy atom. The van der Waals surface area contributed by atoms with Crippen molar-refractivity contribution in [2.75, 3.05) is 4.90 Å². The van der Waals surface area contributed by atoms with Crippen LogP contribution >= 0.6 is 0 Å². The highest BCUT2D eigenvalue weighted by Crippen LogP contribution is 2.39. The van der Waals surface area contributed by atoms with Crippen molar-refractivity contribution in [3.63, 3.8) is 0 Å². The van der Waals surface area contributed by atoms with Crippen LogP contribution in [0.5, 0.6) is 0 Å². The molecule has 0 saturated heterocycles. The van der Waals surface area contributed by atoms with Gasteiger partial charge in [0.25, 0.3) is 0 Å². The first-order valence-corrected chi connectivity index (χ1v) is 12.0. The molecule has 0 aliphatic carbocycles. The molecule has 7 aromatic carbocycles. The number of nitrogens with zero attached hydrogens (tertiary/aromatic N) is 1. The number of hydrogen-bond acceptors (Lipinski definition) is 1. The lowest BCUT2D eigenvalue weighted by molar-refractivity contribution is 1.29. The van der Waals surface area contributed by atoms with Gasteiger partial charge in [-0.15, -0.1) is 0 Å². The third-order valence-corrected chi connectivity index (χ3v) is 6.99. The molecule has 1 heteroatoms. The smallest absolute Gasteiger partial charge is 0.0468 e. The van der Waals surface area contributed by atoms with Gasteiger partial charge >= 0.3 is 0 Å². The molecule has 0 atom stereocenters. The molecule has 0 aliphatic heterocycles. The highest BCUT2D eigenvalue weighted by molar-refractivity contribution is 6.17. The van der Waals surface area contributed by atoms with Crippen LogP contribution in [0.1, 0.15) is 0 Å². The van der Waals surface area contributed by atoms with E-state index < -0.39 is 0 Å². The number of benzene rings is 7. The quantitative estimate of drug-likeness (QED) is 0.245. The Hall–Kier alpha value is -4.62. The second kappa shape index (κ2) is 8.00. The average molecular weight is 446 g/mol. The van der Waals surface area contributed by atoms with E-state index in [1.165, 1.54) is 43.1 Å². The first-order chi connectivity index (χ1) is 17.3. The molecule has 164 valence electrons. The first-order valence-electron chi connectivity index (χ1n) is 12.0. The molecule has 7 aromatic rings. The van der Waals surface area contributed by atoms with Crippen LogP contribution in [-0.2, 0) is 0 Å². The predicted molar refractivity (Wildman–Crippen MR) is 151 cm³/mol. The summed E-state index contributed by atoms with van der Waals surface area (Å²) in [5.74, 6) is 0. The summed E-state index contributed by atoms with van der Waals surface area (Å²) in [4.78, 5) is 2.35. The van der Waals surface area contributed by atoms with Crippen LogP contribution < -0.4 is 4.90 Å². The van der Waals surface area contributed by atoms with Crippen LogP contribution in [0, 0.1) is 0 Å². The van der Waals surface area contributed by atoms with Crippen LogP contribution in [0.15, 0.2) is 140 Å². The Kier molecular flexibility index (Phi) is 4.53. The molecule has 7 rings (SSSR count). The second-order valence-electron chi connectivity index (χ2n) is 9.06. The van der Waals surface area contributed by atoms with Crippen molar-refractivity contribution < 1.29 is 0 Å². The van der Waals surface area contributed by atoms with Crippen molar-refractivity contribution in [1.82, 2.24) is 0 Å². The van der Waals surface area contributed by atoms with Crippen LogP contribution in [0.25, 0.3) is 43.1 Å². The van der Waals surface area contributed by atoms with Crippen molar-refractivity contribution in [2.45, 2.75) is 0 Å². The monoisotopic (exact) mass is 445 g/mol. The number of anilines is 3. The fourth-order valence-electron chi connectivity index (χ4n) is 5.29. The van der Waals surface area contributed by atoms with Gasteiger partial charge in [-0.05, 0) is 79.5 Å². The van der Waals surface area contributed by atoms with E-state index in [9.17, 15) is 0 Å². The van der Waals surface area contributed by atoms with Crippen molar-refractivity contribution >= 4 is 60.2 Å². The highest BCUT2D eigenvalue weighted by Gasteiger charge is 2.14. The molecule has 0 radical (unpaired) electrons. The zero-order chi connectivity index (χ0) is 23.2. The molecule has 0 spiro atoms. The van der Waals surface area contributed by atoms with E-state index in [1.807, 2.05) is 0 Å². The lowest BCUT2D eigenvalue weighted by atomic mass is 9.96. The maximum absolute atomic E-state index is 2.35. The van der Waals surface area contributed by atoms with E-state index >= 15 is 0 Å². The lowest BCUT2D eigenvalue weighted by Gasteiger charge is -2.26. The molecule has 0 heterocycles. The van der Waals surface area contributed by atoms with Crippen LogP contribution in [0.2, 0.25) is 0 Å². The lowest BCUT2D eigenvalue weighted by Crippen LogP contribution is -2.09. The van der Waals surface area contributed by atoms with Crippen LogP contribution in [-0.4, -0.2) is 0 Å². The molecule has 0 N–H and O–H groups in total. The molecule has 0 fully saturated rings. The van der Waals surface area contributed by atoms with Crippen molar-refractivity contribution in [3.8, 4) is 0 Å². The Morgan fingerprint density at radius 2 is 0.829 bits per heavy atom. The predicted octanol–water partition coefficient (Wildman–Crippen LogP) is 9.77. The van der Waals surface area contributed by atoms with Crippen molar-refractivity contribution in [2.24, 2.45) is 0 Å². The summed E-state index contributed by atoms with van der Waals surface area (Å²) >= 11 is 0. The minimum absolute atomic E-state index is 1.15. The molecule has 0 saturated carbocycles. The van der Waals surface area contributed by atoms with Gasteiger partial charge in [-0.25, -0.2) is 0 Å². The molecule has 0 bridgehead atoms. The van der Waals surface area contributed by atoms with Gasteiger partial charge in [0.05, 0.1) is 0 Å². The molecule has 0 aliphatic rings.